The Hall–Kier alpha value is -1.49. The van der Waals surface area contributed by atoms with Crippen molar-refractivity contribution in [3.8, 4) is 5.75 Å². The Morgan fingerprint density at radius 3 is 3.12 bits per heavy atom. The lowest BCUT2D eigenvalue weighted by molar-refractivity contribution is 0.187. The molecule has 3 N–H and O–H groups in total. The summed E-state index contributed by atoms with van der Waals surface area (Å²) in [6, 6.07) is 2.98. The summed E-state index contributed by atoms with van der Waals surface area (Å²) in [5.74, 6) is 0.0941. The minimum atomic E-state index is -0.406. The lowest BCUT2D eigenvalue weighted by atomic mass is 10.1. The average Bonchev–Trinajstić information content (AvgIpc) is 2.56. The normalized spacial score (nSPS) is 27.2. The summed E-state index contributed by atoms with van der Waals surface area (Å²) in [4.78, 5) is 1.87. The van der Waals surface area contributed by atoms with Crippen LogP contribution in [0.2, 0.25) is 0 Å². The van der Waals surface area contributed by atoms with Gasteiger partial charge in [-0.2, -0.15) is 0 Å². The molecule has 0 radical (unpaired) electrons. The van der Waals surface area contributed by atoms with Gasteiger partial charge in [-0.3, -0.25) is 0 Å². The summed E-state index contributed by atoms with van der Waals surface area (Å²) < 4.78 is 19.3. The number of fused-ring (bicyclic) bond motifs is 3. The monoisotopic (exact) mass is 224 g/mol. The molecule has 2 aliphatic heterocycles. The van der Waals surface area contributed by atoms with Crippen LogP contribution < -0.4 is 15.4 Å². The first-order valence-corrected chi connectivity index (χ1v) is 5.31. The van der Waals surface area contributed by atoms with Crippen molar-refractivity contribution < 1.29 is 14.2 Å². The molecule has 0 unspecified atom stereocenters. The van der Waals surface area contributed by atoms with E-state index in [-0.39, 0.29) is 11.9 Å². The van der Waals surface area contributed by atoms with Crippen molar-refractivity contribution in [2.75, 3.05) is 23.8 Å². The van der Waals surface area contributed by atoms with Gasteiger partial charge in [-0.15, -0.1) is 0 Å². The lowest BCUT2D eigenvalue weighted by Gasteiger charge is -2.33. The van der Waals surface area contributed by atoms with Crippen LogP contribution in [0.25, 0.3) is 0 Å². The molecule has 0 saturated carbocycles. The second kappa shape index (κ2) is 3.25. The zero-order valence-electron chi connectivity index (χ0n) is 8.69. The van der Waals surface area contributed by atoms with Gasteiger partial charge in [0.15, 0.2) is 5.82 Å². The molecule has 1 aromatic carbocycles. The Labute approximate surface area is 92.4 Å². The molecule has 0 spiro atoms. The Kier molecular flexibility index (Phi) is 1.97. The second-order valence-corrected chi connectivity index (χ2v) is 4.36. The Balaban J connectivity index is 2.08. The maximum Gasteiger partial charge on any atom is 0.152 e. The molecular weight excluding hydrogens is 211 g/mol. The van der Waals surface area contributed by atoms with E-state index in [1.165, 1.54) is 6.07 Å². The van der Waals surface area contributed by atoms with Crippen molar-refractivity contribution in [1.29, 1.82) is 0 Å². The maximum absolute atomic E-state index is 13.8. The summed E-state index contributed by atoms with van der Waals surface area (Å²) >= 11 is 0. The topological polar surface area (TPSA) is 58.7 Å². The van der Waals surface area contributed by atoms with Gasteiger partial charge in [-0.1, -0.05) is 0 Å². The van der Waals surface area contributed by atoms with Gasteiger partial charge < -0.3 is 20.5 Å². The van der Waals surface area contributed by atoms with Crippen LogP contribution in [-0.4, -0.2) is 30.4 Å². The van der Waals surface area contributed by atoms with Crippen LogP contribution in [0.1, 0.15) is 6.42 Å². The highest BCUT2D eigenvalue weighted by Crippen LogP contribution is 2.41. The standard InChI is InChI=1S/C11H13FN2O2/c12-9-1-6(13)2-10-11(9)14-4-8(15)3-7(14)5-16-10/h1-2,7-8,15H,3-5,13H2/t7-,8+/m0/s1. The average molecular weight is 224 g/mol. The quantitative estimate of drug-likeness (QED) is 0.638. The number of hydrogen-bond donors (Lipinski definition) is 2. The van der Waals surface area contributed by atoms with E-state index in [9.17, 15) is 9.50 Å². The maximum atomic E-state index is 13.8. The van der Waals surface area contributed by atoms with E-state index in [2.05, 4.69) is 0 Å². The van der Waals surface area contributed by atoms with Crippen molar-refractivity contribution in [3.05, 3.63) is 17.9 Å². The number of benzene rings is 1. The summed E-state index contributed by atoms with van der Waals surface area (Å²) in [5, 5.41) is 9.59. The zero-order valence-corrected chi connectivity index (χ0v) is 8.69. The highest BCUT2D eigenvalue weighted by Gasteiger charge is 2.37. The van der Waals surface area contributed by atoms with Crippen LogP contribution in [0.5, 0.6) is 5.75 Å². The summed E-state index contributed by atoms with van der Waals surface area (Å²) in [6.45, 7) is 0.939. The Bertz CT molecular complexity index is 438. The highest BCUT2D eigenvalue weighted by atomic mass is 19.1. The van der Waals surface area contributed by atoms with Crippen LogP contribution >= 0.6 is 0 Å². The number of nitrogen functional groups attached to an aromatic ring is 1. The molecule has 2 heterocycles. The molecule has 16 heavy (non-hydrogen) atoms. The highest BCUT2D eigenvalue weighted by molar-refractivity contribution is 5.67. The van der Waals surface area contributed by atoms with Crippen molar-refractivity contribution >= 4 is 11.4 Å². The molecule has 4 nitrogen and oxygen atoms in total. The fourth-order valence-corrected chi connectivity index (χ4v) is 2.49. The number of aliphatic hydroxyl groups is 1. The van der Waals surface area contributed by atoms with Gasteiger partial charge in [-0.05, 0) is 12.5 Å². The molecule has 1 aromatic rings. The van der Waals surface area contributed by atoms with E-state index in [1.807, 2.05) is 4.90 Å². The molecule has 0 aromatic heterocycles. The number of anilines is 2. The summed E-state index contributed by atoms with van der Waals surface area (Å²) in [5.41, 5.74) is 6.35. The molecule has 1 saturated heterocycles. The largest absolute Gasteiger partial charge is 0.489 e. The molecule has 0 aliphatic carbocycles. The number of aliphatic hydroxyl groups excluding tert-OH is 1. The van der Waals surface area contributed by atoms with Gasteiger partial charge in [0.25, 0.3) is 0 Å². The van der Waals surface area contributed by atoms with Crippen molar-refractivity contribution in [1.82, 2.24) is 0 Å². The minimum absolute atomic E-state index is 0.0700. The zero-order chi connectivity index (χ0) is 11.3. The van der Waals surface area contributed by atoms with E-state index >= 15 is 0 Å². The van der Waals surface area contributed by atoms with E-state index in [0.717, 1.165) is 0 Å². The third-order valence-electron chi connectivity index (χ3n) is 3.16. The van der Waals surface area contributed by atoms with Crippen LogP contribution in [0.4, 0.5) is 15.8 Å². The van der Waals surface area contributed by atoms with Crippen LogP contribution in [-0.2, 0) is 0 Å². The lowest BCUT2D eigenvalue weighted by Crippen LogP contribution is -2.38. The number of nitrogens with zero attached hydrogens (tertiary/aromatic N) is 1. The number of hydrogen-bond acceptors (Lipinski definition) is 4. The minimum Gasteiger partial charge on any atom is -0.489 e. The SMILES string of the molecule is Nc1cc(F)c2c(c1)OC[C@@H]1C[C@@H](O)CN21. The van der Waals surface area contributed by atoms with Gasteiger partial charge in [-0.25, -0.2) is 4.39 Å². The molecule has 0 amide bonds. The van der Waals surface area contributed by atoms with Crippen molar-refractivity contribution in [2.45, 2.75) is 18.6 Å². The first-order chi connectivity index (χ1) is 7.65. The van der Waals surface area contributed by atoms with E-state index in [0.29, 0.717) is 36.7 Å². The Morgan fingerprint density at radius 2 is 2.31 bits per heavy atom. The smallest absolute Gasteiger partial charge is 0.152 e. The Morgan fingerprint density at radius 1 is 1.50 bits per heavy atom. The van der Waals surface area contributed by atoms with Gasteiger partial charge in [0.2, 0.25) is 0 Å². The number of rotatable bonds is 0. The summed E-state index contributed by atoms with van der Waals surface area (Å²) in [7, 11) is 0. The summed E-state index contributed by atoms with van der Waals surface area (Å²) in [6.07, 6.45) is 0.222. The molecular formula is C11H13FN2O2. The van der Waals surface area contributed by atoms with Crippen LogP contribution in [0.15, 0.2) is 12.1 Å². The number of ether oxygens (including phenoxy) is 1. The van der Waals surface area contributed by atoms with Gasteiger partial charge in [0, 0.05) is 18.3 Å². The van der Waals surface area contributed by atoms with E-state index < -0.39 is 6.10 Å². The molecule has 0 bridgehead atoms. The molecule has 5 heteroatoms. The van der Waals surface area contributed by atoms with Crippen LogP contribution in [0.3, 0.4) is 0 Å². The molecule has 3 rings (SSSR count). The third-order valence-corrected chi connectivity index (χ3v) is 3.16. The van der Waals surface area contributed by atoms with Crippen molar-refractivity contribution in [3.63, 3.8) is 0 Å². The van der Waals surface area contributed by atoms with E-state index in [4.69, 9.17) is 10.5 Å². The fourth-order valence-electron chi connectivity index (χ4n) is 2.49. The molecule has 2 aliphatic rings. The van der Waals surface area contributed by atoms with Gasteiger partial charge >= 0.3 is 0 Å². The predicted molar refractivity (Wildman–Crippen MR) is 58.1 cm³/mol. The van der Waals surface area contributed by atoms with E-state index in [1.54, 1.807) is 6.07 Å². The fraction of sp³-hybridized carbons (Fsp3) is 0.455. The molecule has 2 atom stereocenters. The first kappa shape index (κ1) is 9.72. The molecule has 1 fully saturated rings. The van der Waals surface area contributed by atoms with Gasteiger partial charge in [0.05, 0.1) is 12.1 Å². The van der Waals surface area contributed by atoms with Crippen molar-refractivity contribution in [2.24, 2.45) is 0 Å². The van der Waals surface area contributed by atoms with Gasteiger partial charge in [0.1, 0.15) is 18.0 Å². The first-order valence-electron chi connectivity index (χ1n) is 5.31. The number of nitrogens with two attached hydrogens (primary N) is 1. The second-order valence-electron chi connectivity index (χ2n) is 4.36. The third kappa shape index (κ3) is 1.31. The predicted octanol–water partition coefficient (Wildman–Crippen LogP) is 0.740. The van der Waals surface area contributed by atoms with Crippen LogP contribution in [0, 0.1) is 5.82 Å². The molecule has 86 valence electrons. The number of halogens is 1.